The van der Waals surface area contributed by atoms with E-state index in [0.717, 1.165) is 0 Å². The van der Waals surface area contributed by atoms with Gasteiger partial charge in [0.1, 0.15) is 0 Å². The van der Waals surface area contributed by atoms with E-state index in [9.17, 15) is 9.59 Å². The monoisotopic (exact) mass is 243 g/mol. The van der Waals surface area contributed by atoms with Gasteiger partial charge in [0.25, 0.3) is 0 Å². The second-order valence-electron chi connectivity index (χ2n) is 4.15. The summed E-state index contributed by atoms with van der Waals surface area (Å²) in [6, 6.07) is 0. The quantitative estimate of drug-likeness (QED) is 0.671. The average Bonchev–Trinajstić information content (AvgIpc) is 2.36. The predicted octanol–water partition coefficient (Wildman–Crippen LogP) is 0.825. The minimum absolute atomic E-state index is 0.0403. The van der Waals surface area contributed by atoms with E-state index in [1.165, 1.54) is 0 Å². The lowest BCUT2D eigenvalue weighted by Gasteiger charge is -2.30. The molecule has 0 spiro atoms. The first-order chi connectivity index (χ1) is 8.19. The molecule has 5 nitrogen and oxygen atoms in total. The second kappa shape index (κ2) is 7.27. The van der Waals surface area contributed by atoms with Crippen molar-refractivity contribution >= 4 is 11.9 Å². The van der Waals surface area contributed by atoms with Gasteiger partial charge >= 0.3 is 5.97 Å². The van der Waals surface area contributed by atoms with E-state index in [4.69, 9.17) is 9.47 Å². The lowest BCUT2D eigenvalue weighted by atomic mass is 9.97. The Balaban J connectivity index is 2.30. The van der Waals surface area contributed by atoms with Crippen molar-refractivity contribution in [2.45, 2.75) is 26.2 Å². The van der Waals surface area contributed by atoms with E-state index in [1.54, 1.807) is 18.9 Å². The molecule has 1 saturated heterocycles. The van der Waals surface area contributed by atoms with Crippen LogP contribution in [0.2, 0.25) is 0 Å². The summed E-state index contributed by atoms with van der Waals surface area (Å²) in [6.07, 6.45) is 1.83. The number of methoxy groups -OCH3 is 1. The molecule has 1 heterocycles. The topological polar surface area (TPSA) is 55.8 Å². The molecule has 0 saturated carbocycles. The molecule has 1 amide bonds. The summed E-state index contributed by atoms with van der Waals surface area (Å²) in [5, 5.41) is 0. The molecule has 0 bridgehead atoms. The van der Waals surface area contributed by atoms with Crippen molar-refractivity contribution in [3.63, 3.8) is 0 Å². The largest absolute Gasteiger partial charge is 0.466 e. The van der Waals surface area contributed by atoms with Crippen LogP contribution in [0.1, 0.15) is 26.2 Å². The smallest absolute Gasteiger partial charge is 0.309 e. The molecule has 1 aliphatic heterocycles. The van der Waals surface area contributed by atoms with Gasteiger partial charge in [0.2, 0.25) is 5.91 Å². The number of ether oxygens (including phenoxy) is 2. The molecule has 98 valence electrons. The summed E-state index contributed by atoms with van der Waals surface area (Å²) >= 11 is 0. The number of amides is 1. The maximum Gasteiger partial charge on any atom is 0.309 e. The van der Waals surface area contributed by atoms with Crippen LogP contribution in [0, 0.1) is 5.92 Å². The Bertz CT molecular complexity index is 259. The number of nitrogens with zero attached hydrogens (tertiary/aromatic N) is 1. The van der Waals surface area contributed by atoms with E-state index in [1.807, 2.05) is 0 Å². The van der Waals surface area contributed by atoms with Crippen molar-refractivity contribution in [1.82, 2.24) is 4.90 Å². The van der Waals surface area contributed by atoms with Gasteiger partial charge in [0, 0.05) is 20.2 Å². The van der Waals surface area contributed by atoms with Gasteiger partial charge in [-0.3, -0.25) is 9.59 Å². The Labute approximate surface area is 102 Å². The van der Waals surface area contributed by atoms with E-state index < -0.39 is 0 Å². The number of carbonyl (C=O) groups excluding carboxylic acids is 2. The number of rotatable bonds is 5. The van der Waals surface area contributed by atoms with E-state index in [-0.39, 0.29) is 17.8 Å². The van der Waals surface area contributed by atoms with Gasteiger partial charge in [-0.1, -0.05) is 0 Å². The highest BCUT2D eigenvalue weighted by molar-refractivity contribution is 5.77. The first-order valence-corrected chi connectivity index (χ1v) is 6.12. The van der Waals surface area contributed by atoms with Crippen LogP contribution in [0.25, 0.3) is 0 Å². The summed E-state index contributed by atoms with van der Waals surface area (Å²) in [4.78, 5) is 25.0. The van der Waals surface area contributed by atoms with Crippen LogP contribution in [-0.2, 0) is 19.1 Å². The van der Waals surface area contributed by atoms with Crippen molar-refractivity contribution in [2.24, 2.45) is 5.92 Å². The molecule has 0 radical (unpaired) electrons. The number of piperidine rings is 1. The average molecular weight is 243 g/mol. The predicted molar refractivity (Wildman–Crippen MR) is 62.4 cm³/mol. The maximum absolute atomic E-state index is 11.7. The molecule has 0 aromatic heterocycles. The van der Waals surface area contributed by atoms with Crippen LogP contribution in [0.4, 0.5) is 0 Å². The molecule has 0 unspecified atom stereocenters. The Morgan fingerprint density at radius 3 is 2.47 bits per heavy atom. The standard InChI is InChI=1S/C12H21NO4/c1-3-17-12(15)10-4-7-13(8-5-10)11(14)6-9-16-2/h10H,3-9H2,1-2H3. The summed E-state index contributed by atoms with van der Waals surface area (Å²) in [5.41, 5.74) is 0. The number of carbonyl (C=O) groups is 2. The molecule has 1 aliphatic rings. The van der Waals surface area contributed by atoms with E-state index >= 15 is 0 Å². The summed E-state index contributed by atoms with van der Waals surface area (Å²) in [6.45, 7) is 3.97. The van der Waals surface area contributed by atoms with Crippen molar-refractivity contribution in [3.8, 4) is 0 Å². The first kappa shape index (κ1) is 14.0. The number of esters is 1. The summed E-state index contributed by atoms with van der Waals surface area (Å²) in [5.74, 6) is -0.0629. The third-order valence-corrected chi connectivity index (χ3v) is 2.99. The molecule has 5 heteroatoms. The molecule has 0 N–H and O–H groups in total. The van der Waals surface area contributed by atoms with Gasteiger partial charge in [-0.15, -0.1) is 0 Å². The van der Waals surface area contributed by atoms with Crippen molar-refractivity contribution in [1.29, 1.82) is 0 Å². The highest BCUT2D eigenvalue weighted by atomic mass is 16.5. The Morgan fingerprint density at radius 1 is 1.29 bits per heavy atom. The highest BCUT2D eigenvalue weighted by Gasteiger charge is 2.27. The fraction of sp³-hybridized carbons (Fsp3) is 0.833. The van der Waals surface area contributed by atoms with Crippen molar-refractivity contribution < 1.29 is 19.1 Å². The SMILES string of the molecule is CCOC(=O)C1CCN(C(=O)CCOC)CC1. The normalized spacial score (nSPS) is 16.9. The summed E-state index contributed by atoms with van der Waals surface area (Å²) < 4.78 is 9.85. The van der Waals surface area contributed by atoms with Gasteiger partial charge in [0.05, 0.1) is 25.6 Å². The van der Waals surface area contributed by atoms with E-state index in [0.29, 0.717) is 45.6 Å². The molecule has 1 fully saturated rings. The zero-order chi connectivity index (χ0) is 12.7. The molecule has 0 aromatic carbocycles. The zero-order valence-electron chi connectivity index (χ0n) is 10.6. The number of likely N-dealkylation sites (tertiary alicyclic amines) is 1. The van der Waals surface area contributed by atoms with Crippen molar-refractivity contribution in [3.05, 3.63) is 0 Å². The molecule has 17 heavy (non-hydrogen) atoms. The third kappa shape index (κ3) is 4.34. The molecule has 0 aliphatic carbocycles. The lowest BCUT2D eigenvalue weighted by molar-refractivity contribution is -0.151. The van der Waals surface area contributed by atoms with Gasteiger partial charge in [-0.2, -0.15) is 0 Å². The Hall–Kier alpha value is -1.10. The van der Waals surface area contributed by atoms with Gasteiger partial charge < -0.3 is 14.4 Å². The number of hydrogen-bond donors (Lipinski definition) is 0. The van der Waals surface area contributed by atoms with Gasteiger partial charge in [0.15, 0.2) is 0 Å². The van der Waals surface area contributed by atoms with E-state index in [2.05, 4.69) is 0 Å². The summed E-state index contributed by atoms with van der Waals surface area (Å²) in [7, 11) is 1.58. The van der Waals surface area contributed by atoms with Crippen molar-refractivity contribution in [2.75, 3.05) is 33.4 Å². The maximum atomic E-state index is 11.7. The van der Waals surface area contributed by atoms with Crippen LogP contribution in [0.15, 0.2) is 0 Å². The van der Waals surface area contributed by atoms with Crippen LogP contribution in [-0.4, -0.2) is 50.2 Å². The fourth-order valence-corrected chi connectivity index (χ4v) is 1.97. The minimum atomic E-state index is -0.128. The molecule has 0 aromatic rings. The molecule has 1 rings (SSSR count). The Morgan fingerprint density at radius 2 is 1.94 bits per heavy atom. The number of hydrogen-bond acceptors (Lipinski definition) is 4. The first-order valence-electron chi connectivity index (χ1n) is 6.12. The second-order valence-corrected chi connectivity index (χ2v) is 4.15. The van der Waals surface area contributed by atoms with Crippen LogP contribution in [0.3, 0.4) is 0 Å². The zero-order valence-corrected chi connectivity index (χ0v) is 10.6. The third-order valence-electron chi connectivity index (χ3n) is 2.99. The van der Waals surface area contributed by atoms with Gasteiger partial charge in [-0.05, 0) is 19.8 Å². The van der Waals surface area contributed by atoms with Gasteiger partial charge in [-0.25, -0.2) is 0 Å². The van der Waals surface area contributed by atoms with Crippen LogP contribution in [0.5, 0.6) is 0 Å². The lowest BCUT2D eigenvalue weighted by Crippen LogP contribution is -2.40. The molecular formula is C12H21NO4. The molecule has 0 atom stereocenters. The van der Waals surface area contributed by atoms with Crippen LogP contribution < -0.4 is 0 Å². The fourth-order valence-electron chi connectivity index (χ4n) is 1.97. The van der Waals surface area contributed by atoms with Crippen LogP contribution >= 0.6 is 0 Å². The minimum Gasteiger partial charge on any atom is -0.466 e. The Kier molecular flexibility index (Phi) is 5.97. The molecular weight excluding hydrogens is 222 g/mol. The highest BCUT2D eigenvalue weighted by Crippen LogP contribution is 2.19.